The number of carbonyl (C=O) groups excluding carboxylic acids is 2. The number of nitrogens with one attached hydrogen (secondary N) is 2. The molecule has 0 aromatic carbocycles. The van der Waals surface area contributed by atoms with E-state index in [1.807, 2.05) is 6.92 Å². The number of tetrazole rings is 1. The Morgan fingerprint density at radius 1 is 1.30 bits per heavy atom. The third kappa shape index (κ3) is 3.31. The zero-order valence-corrected chi connectivity index (χ0v) is 11.6. The molecule has 0 spiro atoms. The highest BCUT2D eigenvalue weighted by atomic mass is 16.2. The van der Waals surface area contributed by atoms with Gasteiger partial charge in [-0.25, -0.2) is 4.68 Å². The van der Waals surface area contributed by atoms with Gasteiger partial charge in [-0.3, -0.25) is 9.59 Å². The summed E-state index contributed by atoms with van der Waals surface area (Å²) in [5.41, 5.74) is -0.778. The molecule has 1 saturated carbocycles. The summed E-state index contributed by atoms with van der Waals surface area (Å²) in [6.07, 6.45) is 5.73. The molecule has 110 valence electrons. The highest BCUT2D eigenvalue weighted by Crippen LogP contribution is 2.28. The maximum absolute atomic E-state index is 12.3. The number of likely N-dealkylation sites (N-methyl/N-ethyl adjacent to an activating group) is 1. The first kappa shape index (κ1) is 14.4. The Bertz CT molecular complexity index is 453. The maximum atomic E-state index is 12.3. The van der Waals surface area contributed by atoms with Crippen LogP contribution < -0.4 is 10.6 Å². The first-order chi connectivity index (χ1) is 9.66. The number of aromatic nitrogens is 4. The van der Waals surface area contributed by atoms with Crippen LogP contribution in [0.15, 0.2) is 6.33 Å². The highest BCUT2D eigenvalue weighted by molar-refractivity contribution is 5.91. The third-order valence-corrected chi connectivity index (χ3v) is 3.55. The molecular weight excluding hydrogens is 260 g/mol. The normalized spacial score (nSPS) is 17.4. The van der Waals surface area contributed by atoms with Crippen LogP contribution in [0.5, 0.6) is 0 Å². The van der Waals surface area contributed by atoms with Gasteiger partial charge in [0.05, 0.1) is 0 Å². The molecule has 2 rings (SSSR count). The van der Waals surface area contributed by atoms with E-state index in [1.165, 1.54) is 11.0 Å². The van der Waals surface area contributed by atoms with Crippen LogP contribution in [-0.2, 0) is 16.1 Å². The lowest BCUT2D eigenvalue weighted by molar-refractivity contribution is -0.135. The molecule has 0 aliphatic heterocycles. The second kappa shape index (κ2) is 6.44. The first-order valence-corrected chi connectivity index (χ1v) is 6.96. The fourth-order valence-corrected chi connectivity index (χ4v) is 2.60. The minimum Gasteiger partial charge on any atom is -0.354 e. The molecule has 2 amide bonds. The highest BCUT2D eigenvalue weighted by Gasteiger charge is 2.40. The van der Waals surface area contributed by atoms with E-state index in [4.69, 9.17) is 0 Å². The summed E-state index contributed by atoms with van der Waals surface area (Å²) in [4.78, 5) is 24.4. The van der Waals surface area contributed by atoms with Crippen molar-refractivity contribution in [2.75, 3.05) is 6.54 Å². The standard InChI is InChI=1S/C12H20N6O2/c1-2-13-11(20)12(6-4-3-5-7-12)15-10(19)8-18-9-14-16-17-18/h9H,2-8H2,1H3,(H,13,20)(H,15,19). The molecule has 1 heterocycles. The van der Waals surface area contributed by atoms with Gasteiger partial charge in [0.1, 0.15) is 18.4 Å². The van der Waals surface area contributed by atoms with Gasteiger partial charge in [0.15, 0.2) is 0 Å². The second-order valence-electron chi connectivity index (χ2n) is 5.06. The van der Waals surface area contributed by atoms with Gasteiger partial charge in [0.2, 0.25) is 11.8 Å². The van der Waals surface area contributed by atoms with Gasteiger partial charge in [-0.15, -0.1) is 5.10 Å². The van der Waals surface area contributed by atoms with E-state index in [1.54, 1.807) is 0 Å². The van der Waals surface area contributed by atoms with E-state index in [2.05, 4.69) is 26.2 Å². The van der Waals surface area contributed by atoms with Crippen LogP contribution in [0.2, 0.25) is 0 Å². The lowest BCUT2D eigenvalue weighted by Gasteiger charge is -2.36. The minimum atomic E-state index is -0.778. The van der Waals surface area contributed by atoms with E-state index >= 15 is 0 Å². The number of rotatable bonds is 5. The van der Waals surface area contributed by atoms with Crippen LogP contribution in [0.4, 0.5) is 0 Å². The summed E-state index contributed by atoms with van der Waals surface area (Å²) in [5.74, 6) is -0.338. The van der Waals surface area contributed by atoms with Gasteiger partial charge in [-0.1, -0.05) is 19.3 Å². The van der Waals surface area contributed by atoms with Crippen molar-refractivity contribution in [3.63, 3.8) is 0 Å². The Balaban J connectivity index is 2.03. The molecule has 1 aromatic rings. The maximum Gasteiger partial charge on any atom is 0.245 e. The number of carbonyl (C=O) groups is 2. The number of amides is 2. The molecule has 0 saturated heterocycles. The van der Waals surface area contributed by atoms with Crippen molar-refractivity contribution in [1.29, 1.82) is 0 Å². The quantitative estimate of drug-likeness (QED) is 0.766. The molecule has 8 nitrogen and oxygen atoms in total. The van der Waals surface area contributed by atoms with Crippen molar-refractivity contribution in [3.8, 4) is 0 Å². The van der Waals surface area contributed by atoms with Gasteiger partial charge in [0, 0.05) is 6.54 Å². The van der Waals surface area contributed by atoms with Crippen LogP contribution >= 0.6 is 0 Å². The van der Waals surface area contributed by atoms with Crippen molar-refractivity contribution in [2.24, 2.45) is 0 Å². The minimum absolute atomic E-state index is 0.0220. The zero-order chi connectivity index (χ0) is 14.4. The van der Waals surface area contributed by atoms with E-state index in [9.17, 15) is 9.59 Å². The Kier molecular flexibility index (Phi) is 4.65. The molecule has 0 unspecified atom stereocenters. The van der Waals surface area contributed by atoms with Crippen molar-refractivity contribution >= 4 is 11.8 Å². The van der Waals surface area contributed by atoms with Crippen LogP contribution in [0, 0.1) is 0 Å². The zero-order valence-electron chi connectivity index (χ0n) is 11.6. The van der Waals surface area contributed by atoms with Gasteiger partial charge in [-0.05, 0) is 30.2 Å². The second-order valence-corrected chi connectivity index (χ2v) is 5.06. The van der Waals surface area contributed by atoms with Crippen LogP contribution in [0.3, 0.4) is 0 Å². The molecule has 1 fully saturated rings. The van der Waals surface area contributed by atoms with Gasteiger partial charge >= 0.3 is 0 Å². The Labute approximate surface area is 117 Å². The third-order valence-electron chi connectivity index (χ3n) is 3.55. The van der Waals surface area contributed by atoms with Crippen molar-refractivity contribution in [2.45, 2.75) is 51.1 Å². The molecule has 20 heavy (non-hydrogen) atoms. The molecule has 0 atom stereocenters. The smallest absolute Gasteiger partial charge is 0.245 e. The topological polar surface area (TPSA) is 102 Å². The summed E-state index contributed by atoms with van der Waals surface area (Å²) < 4.78 is 1.34. The Morgan fingerprint density at radius 2 is 2.05 bits per heavy atom. The predicted molar refractivity (Wildman–Crippen MR) is 70.5 cm³/mol. The first-order valence-electron chi connectivity index (χ1n) is 6.96. The molecule has 1 aliphatic rings. The van der Waals surface area contributed by atoms with Crippen molar-refractivity contribution in [1.82, 2.24) is 30.8 Å². The number of hydrogen-bond acceptors (Lipinski definition) is 5. The monoisotopic (exact) mass is 280 g/mol. The van der Waals surface area contributed by atoms with E-state index in [0.717, 1.165) is 19.3 Å². The summed E-state index contributed by atoms with van der Waals surface area (Å²) in [5, 5.41) is 16.3. The molecular formula is C12H20N6O2. The average molecular weight is 280 g/mol. The summed E-state index contributed by atoms with van der Waals surface area (Å²) in [7, 11) is 0. The van der Waals surface area contributed by atoms with E-state index < -0.39 is 5.54 Å². The molecule has 1 aliphatic carbocycles. The molecule has 0 bridgehead atoms. The van der Waals surface area contributed by atoms with Crippen molar-refractivity contribution < 1.29 is 9.59 Å². The van der Waals surface area contributed by atoms with Gasteiger partial charge in [-0.2, -0.15) is 0 Å². The lowest BCUT2D eigenvalue weighted by atomic mass is 9.80. The van der Waals surface area contributed by atoms with Crippen LogP contribution in [0.25, 0.3) is 0 Å². The summed E-state index contributed by atoms with van der Waals surface area (Å²) in [6, 6.07) is 0. The molecule has 1 aromatic heterocycles. The number of hydrogen-bond donors (Lipinski definition) is 2. The van der Waals surface area contributed by atoms with E-state index in [-0.39, 0.29) is 18.4 Å². The summed E-state index contributed by atoms with van der Waals surface area (Å²) >= 11 is 0. The SMILES string of the molecule is CCNC(=O)C1(NC(=O)Cn2cnnn2)CCCCC1. The Morgan fingerprint density at radius 3 is 2.65 bits per heavy atom. The van der Waals surface area contributed by atoms with Gasteiger partial charge in [0.25, 0.3) is 0 Å². The van der Waals surface area contributed by atoms with Crippen molar-refractivity contribution in [3.05, 3.63) is 6.33 Å². The largest absolute Gasteiger partial charge is 0.354 e. The predicted octanol–water partition coefficient (Wildman–Crippen LogP) is -0.372. The summed E-state index contributed by atoms with van der Waals surface area (Å²) in [6.45, 7) is 2.45. The molecule has 2 N–H and O–H groups in total. The lowest BCUT2D eigenvalue weighted by Crippen LogP contribution is -2.60. The van der Waals surface area contributed by atoms with Crippen LogP contribution in [-0.4, -0.2) is 44.1 Å². The fraction of sp³-hybridized carbons (Fsp3) is 0.750. The van der Waals surface area contributed by atoms with Crippen LogP contribution in [0.1, 0.15) is 39.0 Å². The average Bonchev–Trinajstić information content (AvgIpc) is 2.92. The number of nitrogens with zero attached hydrogens (tertiary/aromatic N) is 4. The fourth-order valence-electron chi connectivity index (χ4n) is 2.60. The molecule has 0 radical (unpaired) electrons. The molecule has 8 heteroatoms. The van der Waals surface area contributed by atoms with E-state index in [0.29, 0.717) is 19.4 Å². The Hall–Kier alpha value is -1.99. The van der Waals surface area contributed by atoms with Gasteiger partial charge < -0.3 is 10.6 Å².